The van der Waals surface area contributed by atoms with Crippen molar-refractivity contribution in [1.82, 2.24) is 4.90 Å². The van der Waals surface area contributed by atoms with Crippen LogP contribution in [0.1, 0.15) is 12.5 Å². The largest absolute Gasteiger partial charge is 0.495 e. The number of amides is 3. The fourth-order valence-electron chi connectivity index (χ4n) is 2.27. The lowest BCUT2D eigenvalue weighted by Gasteiger charge is -2.19. The molecule has 7 heteroatoms. The third-order valence-corrected chi connectivity index (χ3v) is 3.65. The predicted molar refractivity (Wildman–Crippen MR) is 99.2 cm³/mol. The zero-order valence-electron chi connectivity index (χ0n) is 14.3. The third-order valence-electron chi connectivity index (χ3n) is 3.42. The fourth-order valence-corrected chi connectivity index (χ4v) is 2.49. The average molecular weight is 362 g/mol. The van der Waals surface area contributed by atoms with E-state index in [-0.39, 0.29) is 11.9 Å². The number of halogens is 1. The normalized spacial score (nSPS) is 10.1. The van der Waals surface area contributed by atoms with E-state index in [1.165, 1.54) is 18.9 Å². The zero-order chi connectivity index (χ0) is 18.4. The fraction of sp³-hybridized carbons (Fsp3) is 0.222. The molecule has 2 aromatic carbocycles. The molecule has 2 aromatic rings. The molecule has 0 spiro atoms. The Kier molecular flexibility index (Phi) is 6.25. The number of methoxy groups -OCH3 is 1. The van der Waals surface area contributed by atoms with Gasteiger partial charge in [-0.25, -0.2) is 4.79 Å². The van der Waals surface area contributed by atoms with Crippen molar-refractivity contribution in [3.05, 3.63) is 53.1 Å². The molecule has 0 saturated carbocycles. The number of carbonyl (C=O) groups excluding carboxylic acids is 2. The number of nitrogens with one attached hydrogen (secondary N) is 2. The van der Waals surface area contributed by atoms with Gasteiger partial charge in [0.2, 0.25) is 5.91 Å². The molecular weight excluding hydrogens is 342 g/mol. The summed E-state index contributed by atoms with van der Waals surface area (Å²) in [5.41, 5.74) is 1.97. The van der Waals surface area contributed by atoms with Gasteiger partial charge in [-0.15, -0.1) is 0 Å². The number of anilines is 2. The van der Waals surface area contributed by atoms with E-state index >= 15 is 0 Å². The predicted octanol–water partition coefficient (Wildman–Crippen LogP) is 3.97. The van der Waals surface area contributed by atoms with Crippen LogP contribution in [0.3, 0.4) is 0 Å². The Morgan fingerprint density at radius 3 is 2.56 bits per heavy atom. The van der Waals surface area contributed by atoms with E-state index in [4.69, 9.17) is 16.3 Å². The second-order valence-corrected chi connectivity index (χ2v) is 5.95. The van der Waals surface area contributed by atoms with Crippen molar-refractivity contribution in [2.24, 2.45) is 0 Å². The van der Waals surface area contributed by atoms with Gasteiger partial charge in [0, 0.05) is 31.2 Å². The lowest BCUT2D eigenvalue weighted by Crippen LogP contribution is -2.30. The highest BCUT2D eigenvalue weighted by Gasteiger charge is 2.12. The number of hydrogen-bond acceptors (Lipinski definition) is 3. The summed E-state index contributed by atoms with van der Waals surface area (Å²) in [7, 11) is 3.20. The van der Waals surface area contributed by atoms with Gasteiger partial charge < -0.3 is 20.3 Å². The highest BCUT2D eigenvalue weighted by molar-refractivity contribution is 6.30. The monoisotopic (exact) mass is 361 g/mol. The van der Waals surface area contributed by atoms with Crippen LogP contribution in [0, 0.1) is 0 Å². The van der Waals surface area contributed by atoms with Gasteiger partial charge in [0.25, 0.3) is 0 Å². The van der Waals surface area contributed by atoms with Crippen LogP contribution in [0.15, 0.2) is 42.5 Å². The van der Waals surface area contributed by atoms with E-state index < -0.39 is 0 Å². The van der Waals surface area contributed by atoms with E-state index in [1.54, 1.807) is 31.3 Å². The van der Waals surface area contributed by atoms with Gasteiger partial charge in [0.05, 0.1) is 12.8 Å². The topological polar surface area (TPSA) is 70.7 Å². The minimum Gasteiger partial charge on any atom is -0.495 e. The SMILES string of the molecule is COc1ccc(NC(=O)N(C)Cc2cccc(Cl)c2)cc1NC(C)=O. The molecule has 0 unspecified atom stereocenters. The molecule has 0 fully saturated rings. The molecule has 3 amide bonds. The van der Waals surface area contributed by atoms with Gasteiger partial charge in [-0.2, -0.15) is 0 Å². The molecule has 0 atom stereocenters. The summed E-state index contributed by atoms with van der Waals surface area (Å²) in [5, 5.41) is 6.08. The lowest BCUT2D eigenvalue weighted by molar-refractivity contribution is -0.114. The van der Waals surface area contributed by atoms with Gasteiger partial charge in [0.15, 0.2) is 0 Å². The number of carbonyl (C=O) groups is 2. The van der Waals surface area contributed by atoms with Gasteiger partial charge >= 0.3 is 6.03 Å². The van der Waals surface area contributed by atoms with Gasteiger partial charge in [-0.1, -0.05) is 23.7 Å². The van der Waals surface area contributed by atoms with E-state index in [2.05, 4.69) is 10.6 Å². The van der Waals surface area contributed by atoms with Crippen molar-refractivity contribution in [3.63, 3.8) is 0 Å². The first kappa shape index (κ1) is 18.6. The Morgan fingerprint density at radius 1 is 1.16 bits per heavy atom. The number of rotatable bonds is 5. The number of urea groups is 1. The van der Waals surface area contributed by atoms with Crippen LogP contribution >= 0.6 is 11.6 Å². The molecule has 0 radical (unpaired) electrons. The first-order valence-electron chi connectivity index (χ1n) is 7.61. The van der Waals surface area contributed by atoms with Crippen LogP contribution in [0.5, 0.6) is 5.75 Å². The Hall–Kier alpha value is -2.73. The molecule has 0 aliphatic rings. The Labute approximate surface area is 151 Å². The summed E-state index contributed by atoms with van der Waals surface area (Å²) in [4.78, 5) is 25.2. The maximum absolute atomic E-state index is 12.4. The van der Waals surface area contributed by atoms with E-state index in [0.717, 1.165) is 5.56 Å². The number of benzene rings is 2. The molecule has 2 rings (SSSR count). The first-order valence-corrected chi connectivity index (χ1v) is 7.99. The number of ether oxygens (including phenoxy) is 1. The molecule has 0 aromatic heterocycles. The van der Waals surface area contributed by atoms with Crippen molar-refractivity contribution >= 4 is 34.9 Å². The van der Waals surface area contributed by atoms with Crippen molar-refractivity contribution in [1.29, 1.82) is 0 Å². The number of nitrogens with zero attached hydrogens (tertiary/aromatic N) is 1. The van der Waals surface area contributed by atoms with Crippen LogP contribution in [0.2, 0.25) is 5.02 Å². The Balaban J connectivity index is 2.07. The average Bonchev–Trinajstić information content (AvgIpc) is 2.54. The molecule has 0 aliphatic carbocycles. The summed E-state index contributed by atoms with van der Waals surface area (Å²) in [6, 6.07) is 12.1. The van der Waals surface area contributed by atoms with Crippen LogP contribution in [-0.2, 0) is 11.3 Å². The molecular formula is C18H20ClN3O3. The molecule has 2 N–H and O–H groups in total. The standard InChI is InChI=1S/C18H20ClN3O3/c1-12(23)20-16-10-15(7-8-17(16)25-3)21-18(24)22(2)11-13-5-4-6-14(19)9-13/h4-10H,11H2,1-3H3,(H,20,23)(H,21,24). The molecule has 0 bridgehead atoms. The second-order valence-electron chi connectivity index (χ2n) is 5.51. The minimum atomic E-state index is -0.279. The summed E-state index contributed by atoms with van der Waals surface area (Å²) >= 11 is 5.96. The highest BCUT2D eigenvalue weighted by Crippen LogP contribution is 2.28. The van der Waals surface area contributed by atoms with Crippen LogP contribution in [0.4, 0.5) is 16.2 Å². The van der Waals surface area contributed by atoms with E-state index in [9.17, 15) is 9.59 Å². The van der Waals surface area contributed by atoms with E-state index in [1.807, 2.05) is 18.2 Å². The van der Waals surface area contributed by atoms with Crippen molar-refractivity contribution in [2.75, 3.05) is 24.8 Å². The maximum atomic E-state index is 12.4. The molecule has 0 saturated heterocycles. The number of hydrogen-bond donors (Lipinski definition) is 2. The van der Waals surface area contributed by atoms with Crippen LogP contribution in [0.25, 0.3) is 0 Å². The van der Waals surface area contributed by atoms with Crippen LogP contribution in [-0.4, -0.2) is 31.0 Å². The second kappa shape index (κ2) is 8.39. The molecule has 25 heavy (non-hydrogen) atoms. The van der Waals surface area contributed by atoms with Crippen molar-refractivity contribution < 1.29 is 14.3 Å². The summed E-state index contributed by atoms with van der Waals surface area (Å²) < 4.78 is 5.19. The molecule has 0 heterocycles. The Bertz CT molecular complexity index is 780. The summed E-state index contributed by atoms with van der Waals surface area (Å²) in [6.07, 6.45) is 0. The van der Waals surface area contributed by atoms with Crippen LogP contribution < -0.4 is 15.4 Å². The summed E-state index contributed by atoms with van der Waals surface area (Å²) in [5.74, 6) is 0.292. The lowest BCUT2D eigenvalue weighted by atomic mass is 10.2. The quantitative estimate of drug-likeness (QED) is 0.846. The van der Waals surface area contributed by atoms with E-state index in [0.29, 0.717) is 28.7 Å². The highest BCUT2D eigenvalue weighted by atomic mass is 35.5. The van der Waals surface area contributed by atoms with Crippen molar-refractivity contribution in [2.45, 2.75) is 13.5 Å². The first-order chi connectivity index (χ1) is 11.9. The van der Waals surface area contributed by atoms with Crippen molar-refractivity contribution in [3.8, 4) is 5.75 Å². The molecule has 6 nitrogen and oxygen atoms in total. The minimum absolute atomic E-state index is 0.222. The molecule has 0 aliphatic heterocycles. The summed E-state index contributed by atoms with van der Waals surface area (Å²) in [6.45, 7) is 1.82. The van der Waals surface area contributed by atoms with Gasteiger partial charge in [-0.05, 0) is 35.9 Å². The zero-order valence-corrected chi connectivity index (χ0v) is 15.1. The van der Waals surface area contributed by atoms with Gasteiger partial charge in [0.1, 0.15) is 5.75 Å². The smallest absolute Gasteiger partial charge is 0.321 e. The molecule has 132 valence electrons. The maximum Gasteiger partial charge on any atom is 0.321 e. The van der Waals surface area contributed by atoms with Gasteiger partial charge in [-0.3, -0.25) is 4.79 Å². The third kappa shape index (κ3) is 5.39. The Morgan fingerprint density at radius 2 is 1.92 bits per heavy atom.